The standard InChI is InChI=1S/C21H22N2OS/c1-16(17-9-4-2-5-10-17)22-15-20(24)23-21(19-13-8-14-25-19)18-11-6-3-7-12-18/h2-14,16,21-22H,15H2,1H3,(H,23,24)/p+1/t16-,21+/m0/s1. The summed E-state index contributed by atoms with van der Waals surface area (Å²) in [6, 6.07) is 24.6. The number of rotatable bonds is 7. The van der Waals surface area contributed by atoms with Gasteiger partial charge in [-0.1, -0.05) is 66.7 Å². The Morgan fingerprint density at radius 2 is 1.60 bits per heavy atom. The maximum absolute atomic E-state index is 12.5. The van der Waals surface area contributed by atoms with Crippen LogP contribution < -0.4 is 10.6 Å². The number of carbonyl (C=O) groups is 1. The topological polar surface area (TPSA) is 45.7 Å². The zero-order valence-electron chi connectivity index (χ0n) is 14.3. The van der Waals surface area contributed by atoms with Crippen molar-refractivity contribution in [2.45, 2.75) is 19.0 Å². The van der Waals surface area contributed by atoms with Gasteiger partial charge < -0.3 is 10.6 Å². The third kappa shape index (κ3) is 4.78. The number of carbonyl (C=O) groups excluding carboxylic acids is 1. The van der Waals surface area contributed by atoms with E-state index in [1.807, 2.05) is 47.8 Å². The molecule has 2 aromatic carbocycles. The largest absolute Gasteiger partial charge is 0.339 e. The molecule has 3 aromatic rings. The molecule has 2 atom stereocenters. The first-order valence-electron chi connectivity index (χ1n) is 8.50. The van der Waals surface area contributed by atoms with Crippen LogP contribution in [-0.4, -0.2) is 12.5 Å². The summed E-state index contributed by atoms with van der Waals surface area (Å²) < 4.78 is 0. The van der Waals surface area contributed by atoms with Crippen molar-refractivity contribution in [3.05, 3.63) is 94.2 Å². The van der Waals surface area contributed by atoms with E-state index in [0.717, 1.165) is 10.4 Å². The van der Waals surface area contributed by atoms with Gasteiger partial charge in [-0.25, -0.2) is 0 Å². The van der Waals surface area contributed by atoms with E-state index in [9.17, 15) is 4.79 Å². The molecular formula is C21H23N2OS+. The van der Waals surface area contributed by atoms with Crippen LogP contribution in [-0.2, 0) is 4.79 Å². The summed E-state index contributed by atoms with van der Waals surface area (Å²) in [6.45, 7) is 2.53. The molecule has 128 valence electrons. The fourth-order valence-electron chi connectivity index (χ4n) is 2.82. The minimum absolute atomic E-state index is 0.0463. The number of nitrogens with two attached hydrogens (primary N) is 1. The average Bonchev–Trinajstić information content (AvgIpc) is 3.20. The molecule has 1 heterocycles. The molecule has 0 aliphatic rings. The fraction of sp³-hybridized carbons (Fsp3) is 0.190. The Morgan fingerprint density at radius 1 is 0.960 bits per heavy atom. The third-order valence-electron chi connectivity index (χ3n) is 4.25. The van der Waals surface area contributed by atoms with Crippen LogP contribution in [0.3, 0.4) is 0 Å². The molecule has 0 unspecified atom stereocenters. The molecule has 0 saturated heterocycles. The molecular weight excluding hydrogens is 328 g/mol. The molecule has 3 rings (SSSR count). The van der Waals surface area contributed by atoms with Crippen LogP contribution in [0.15, 0.2) is 78.2 Å². The van der Waals surface area contributed by atoms with Crippen molar-refractivity contribution in [1.82, 2.24) is 5.32 Å². The number of nitrogens with one attached hydrogen (secondary N) is 1. The maximum Gasteiger partial charge on any atom is 0.275 e. The lowest BCUT2D eigenvalue weighted by Gasteiger charge is -2.18. The monoisotopic (exact) mass is 351 g/mol. The molecule has 1 amide bonds. The predicted octanol–water partition coefficient (Wildman–Crippen LogP) is 3.28. The highest BCUT2D eigenvalue weighted by Crippen LogP contribution is 2.25. The van der Waals surface area contributed by atoms with E-state index in [2.05, 4.69) is 47.9 Å². The van der Waals surface area contributed by atoms with Crippen molar-refractivity contribution < 1.29 is 10.1 Å². The van der Waals surface area contributed by atoms with E-state index in [1.54, 1.807) is 11.3 Å². The van der Waals surface area contributed by atoms with E-state index < -0.39 is 0 Å². The number of thiophene rings is 1. The van der Waals surface area contributed by atoms with E-state index in [-0.39, 0.29) is 18.0 Å². The van der Waals surface area contributed by atoms with Crippen LogP contribution in [0.1, 0.15) is 35.0 Å². The smallest absolute Gasteiger partial charge is 0.275 e. The second-order valence-corrected chi connectivity index (χ2v) is 7.05. The Hall–Kier alpha value is -2.43. The second-order valence-electron chi connectivity index (χ2n) is 6.07. The maximum atomic E-state index is 12.5. The Kier molecular flexibility index (Phi) is 5.99. The molecule has 0 spiro atoms. The number of benzene rings is 2. The van der Waals surface area contributed by atoms with Crippen molar-refractivity contribution in [3.63, 3.8) is 0 Å². The van der Waals surface area contributed by atoms with Crippen LogP contribution in [0.25, 0.3) is 0 Å². The van der Waals surface area contributed by atoms with Crippen molar-refractivity contribution in [1.29, 1.82) is 0 Å². The van der Waals surface area contributed by atoms with E-state index in [1.165, 1.54) is 5.56 Å². The van der Waals surface area contributed by atoms with Crippen LogP contribution >= 0.6 is 11.3 Å². The SMILES string of the molecule is C[C@H]([NH2+]CC(=O)N[C@H](c1ccccc1)c1cccs1)c1ccccc1. The van der Waals surface area contributed by atoms with Gasteiger partial charge in [-0.05, 0) is 23.9 Å². The predicted molar refractivity (Wildman–Crippen MR) is 102 cm³/mol. The summed E-state index contributed by atoms with van der Waals surface area (Å²) in [4.78, 5) is 13.7. The zero-order valence-corrected chi connectivity index (χ0v) is 15.1. The minimum atomic E-state index is -0.0888. The quantitative estimate of drug-likeness (QED) is 0.674. The Bertz CT molecular complexity index is 772. The molecule has 3 nitrogen and oxygen atoms in total. The lowest BCUT2D eigenvalue weighted by molar-refractivity contribution is -0.682. The molecule has 4 heteroatoms. The van der Waals surface area contributed by atoms with Crippen molar-refractivity contribution in [2.75, 3.05) is 6.54 Å². The highest BCUT2D eigenvalue weighted by atomic mass is 32.1. The van der Waals surface area contributed by atoms with Crippen molar-refractivity contribution in [3.8, 4) is 0 Å². The fourth-order valence-corrected chi connectivity index (χ4v) is 3.62. The van der Waals surface area contributed by atoms with Gasteiger partial charge in [0.2, 0.25) is 0 Å². The molecule has 0 bridgehead atoms. The molecule has 0 fully saturated rings. The molecule has 0 saturated carbocycles. The summed E-state index contributed by atoms with van der Waals surface area (Å²) >= 11 is 1.66. The third-order valence-corrected chi connectivity index (χ3v) is 5.19. The van der Waals surface area contributed by atoms with Gasteiger partial charge in [-0.2, -0.15) is 0 Å². The first-order chi connectivity index (χ1) is 12.2. The van der Waals surface area contributed by atoms with Crippen LogP contribution in [0.2, 0.25) is 0 Å². The van der Waals surface area contributed by atoms with Gasteiger partial charge in [0.1, 0.15) is 6.04 Å². The highest BCUT2D eigenvalue weighted by molar-refractivity contribution is 7.10. The Balaban J connectivity index is 1.63. The van der Waals surface area contributed by atoms with Gasteiger partial charge in [0.15, 0.2) is 6.54 Å². The van der Waals surface area contributed by atoms with E-state index >= 15 is 0 Å². The number of hydrogen-bond donors (Lipinski definition) is 2. The van der Waals surface area contributed by atoms with Crippen molar-refractivity contribution >= 4 is 17.2 Å². The highest BCUT2D eigenvalue weighted by Gasteiger charge is 2.19. The first kappa shape index (κ1) is 17.4. The van der Waals surface area contributed by atoms with Crippen LogP contribution in [0.4, 0.5) is 0 Å². The second kappa shape index (κ2) is 8.60. The van der Waals surface area contributed by atoms with E-state index in [0.29, 0.717) is 6.54 Å². The average molecular weight is 351 g/mol. The minimum Gasteiger partial charge on any atom is -0.339 e. The lowest BCUT2D eigenvalue weighted by Crippen LogP contribution is -2.87. The number of quaternary nitrogens is 1. The first-order valence-corrected chi connectivity index (χ1v) is 9.38. The molecule has 25 heavy (non-hydrogen) atoms. The zero-order chi connectivity index (χ0) is 17.5. The number of amides is 1. The Morgan fingerprint density at radius 3 is 2.20 bits per heavy atom. The number of hydrogen-bond acceptors (Lipinski definition) is 2. The van der Waals surface area contributed by atoms with Gasteiger partial charge in [-0.3, -0.25) is 4.79 Å². The van der Waals surface area contributed by atoms with Gasteiger partial charge in [0.05, 0.1) is 6.04 Å². The molecule has 3 N–H and O–H groups in total. The Labute approximate surface area is 152 Å². The molecule has 0 radical (unpaired) electrons. The summed E-state index contributed by atoms with van der Waals surface area (Å²) in [5.74, 6) is 0.0463. The molecule has 0 aliphatic heterocycles. The van der Waals surface area contributed by atoms with Gasteiger partial charge >= 0.3 is 0 Å². The van der Waals surface area contributed by atoms with E-state index in [4.69, 9.17) is 0 Å². The molecule has 1 aromatic heterocycles. The summed E-state index contributed by atoms with van der Waals surface area (Å²) in [5, 5.41) is 7.30. The summed E-state index contributed by atoms with van der Waals surface area (Å²) in [5.41, 5.74) is 2.34. The van der Waals surface area contributed by atoms with Crippen LogP contribution in [0, 0.1) is 0 Å². The lowest BCUT2D eigenvalue weighted by atomic mass is 10.1. The van der Waals surface area contributed by atoms with Gasteiger partial charge in [-0.15, -0.1) is 11.3 Å². The summed E-state index contributed by atoms with van der Waals surface area (Å²) in [7, 11) is 0. The van der Waals surface area contributed by atoms with Gasteiger partial charge in [0, 0.05) is 10.4 Å². The normalized spacial score (nSPS) is 13.2. The van der Waals surface area contributed by atoms with Gasteiger partial charge in [0.25, 0.3) is 5.91 Å². The van der Waals surface area contributed by atoms with Crippen LogP contribution in [0.5, 0.6) is 0 Å². The molecule has 0 aliphatic carbocycles. The van der Waals surface area contributed by atoms with Crippen molar-refractivity contribution in [2.24, 2.45) is 0 Å². The summed E-state index contributed by atoms with van der Waals surface area (Å²) in [6.07, 6.45) is 0.